The standard InChI is InChI=1S/C19H17N5O4/c1-13-22-12-17(24(27)28)23(13)10-9-21-19(26)15-6-4-14(5-7-15)18(25)16-3-2-8-20-11-16/h2-8,11-12H,9-10H2,1H3,(H,21,26). The lowest BCUT2D eigenvalue weighted by molar-refractivity contribution is -0.392. The van der Waals surface area contributed by atoms with Gasteiger partial charge in [0.25, 0.3) is 5.91 Å². The zero-order chi connectivity index (χ0) is 20.1. The molecule has 3 rings (SSSR count). The molecule has 1 aromatic carbocycles. The number of imidazole rings is 1. The predicted molar refractivity (Wildman–Crippen MR) is 100 cm³/mol. The molecule has 0 aliphatic heterocycles. The second kappa shape index (κ2) is 8.21. The lowest BCUT2D eigenvalue weighted by Gasteiger charge is -2.07. The Hall–Kier alpha value is -3.88. The van der Waals surface area contributed by atoms with E-state index >= 15 is 0 Å². The highest BCUT2D eigenvalue weighted by Crippen LogP contribution is 2.13. The van der Waals surface area contributed by atoms with Crippen LogP contribution in [-0.4, -0.2) is 37.7 Å². The molecule has 142 valence electrons. The molecule has 0 atom stereocenters. The molecule has 9 nitrogen and oxygen atoms in total. The zero-order valence-electron chi connectivity index (χ0n) is 15.0. The summed E-state index contributed by atoms with van der Waals surface area (Å²) in [4.78, 5) is 42.9. The fourth-order valence-corrected chi connectivity index (χ4v) is 2.70. The summed E-state index contributed by atoms with van der Waals surface area (Å²) in [5, 5.41) is 13.7. The second-order valence-electron chi connectivity index (χ2n) is 5.98. The molecule has 0 radical (unpaired) electrons. The van der Waals surface area contributed by atoms with Gasteiger partial charge in [0.05, 0.1) is 6.54 Å². The number of benzene rings is 1. The number of rotatable bonds is 7. The van der Waals surface area contributed by atoms with Crippen molar-refractivity contribution in [2.24, 2.45) is 0 Å². The molecule has 3 aromatic rings. The van der Waals surface area contributed by atoms with E-state index in [0.717, 1.165) is 0 Å². The third-order valence-corrected chi connectivity index (χ3v) is 4.18. The maximum absolute atomic E-state index is 12.3. The van der Waals surface area contributed by atoms with Gasteiger partial charge >= 0.3 is 5.82 Å². The minimum atomic E-state index is -0.514. The van der Waals surface area contributed by atoms with Gasteiger partial charge in [-0.1, -0.05) is 12.1 Å². The number of hydrogen-bond acceptors (Lipinski definition) is 6. The van der Waals surface area contributed by atoms with Gasteiger partial charge in [-0.2, -0.15) is 0 Å². The number of pyridine rings is 1. The number of nitrogens with zero attached hydrogens (tertiary/aromatic N) is 4. The van der Waals surface area contributed by atoms with Gasteiger partial charge in [-0.25, -0.2) is 9.55 Å². The smallest absolute Gasteiger partial charge is 0.342 e. The molecule has 0 bridgehead atoms. The average molecular weight is 379 g/mol. The van der Waals surface area contributed by atoms with Crippen molar-refractivity contribution in [2.75, 3.05) is 6.54 Å². The van der Waals surface area contributed by atoms with E-state index in [9.17, 15) is 19.7 Å². The molecule has 0 saturated carbocycles. The van der Waals surface area contributed by atoms with E-state index in [1.54, 1.807) is 49.5 Å². The Bertz CT molecular complexity index is 1010. The van der Waals surface area contributed by atoms with Gasteiger partial charge in [0.15, 0.2) is 11.6 Å². The number of nitro groups is 1. The number of ketones is 1. The highest BCUT2D eigenvalue weighted by atomic mass is 16.6. The Balaban J connectivity index is 1.60. The van der Waals surface area contributed by atoms with Gasteiger partial charge in [0.2, 0.25) is 0 Å². The van der Waals surface area contributed by atoms with E-state index in [0.29, 0.717) is 22.5 Å². The third kappa shape index (κ3) is 4.09. The summed E-state index contributed by atoms with van der Waals surface area (Å²) in [5.41, 5.74) is 1.31. The summed E-state index contributed by atoms with van der Waals surface area (Å²) < 4.78 is 1.43. The fraction of sp³-hybridized carbons (Fsp3) is 0.158. The minimum Gasteiger partial charge on any atom is -0.358 e. The number of carbonyl (C=O) groups excluding carboxylic acids is 2. The first-order valence-corrected chi connectivity index (χ1v) is 8.47. The van der Waals surface area contributed by atoms with Crippen molar-refractivity contribution in [1.82, 2.24) is 19.9 Å². The minimum absolute atomic E-state index is 0.120. The van der Waals surface area contributed by atoms with Crippen LogP contribution in [0.2, 0.25) is 0 Å². The SMILES string of the molecule is Cc1ncc([N+](=O)[O-])n1CCNC(=O)c1ccc(C(=O)c2cccnc2)cc1. The van der Waals surface area contributed by atoms with Crippen LogP contribution in [0.4, 0.5) is 5.82 Å². The Morgan fingerprint density at radius 2 is 1.82 bits per heavy atom. The molecule has 0 saturated heterocycles. The van der Waals surface area contributed by atoms with Crippen molar-refractivity contribution < 1.29 is 14.5 Å². The monoisotopic (exact) mass is 379 g/mol. The highest BCUT2D eigenvalue weighted by Gasteiger charge is 2.17. The summed E-state index contributed by atoms with van der Waals surface area (Å²) in [6, 6.07) is 9.63. The molecule has 1 amide bonds. The average Bonchev–Trinajstić information content (AvgIpc) is 3.09. The number of aryl methyl sites for hydroxylation is 1. The van der Waals surface area contributed by atoms with Crippen molar-refractivity contribution in [3.63, 3.8) is 0 Å². The number of amides is 1. The van der Waals surface area contributed by atoms with Gasteiger partial charge in [-0.05, 0) is 29.2 Å². The number of carbonyl (C=O) groups is 2. The molecule has 9 heteroatoms. The van der Waals surface area contributed by atoms with Crippen molar-refractivity contribution in [2.45, 2.75) is 13.5 Å². The summed E-state index contributed by atoms with van der Waals surface area (Å²) in [5.74, 6) is -0.131. The van der Waals surface area contributed by atoms with Crippen molar-refractivity contribution in [1.29, 1.82) is 0 Å². The molecule has 2 aromatic heterocycles. The summed E-state index contributed by atoms with van der Waals surface area (Å²) in [7, 11) is 0. The van der Waals surface area contributed by atoms with Crippen LogP contribution in [0.5, 0.6) is 0 Å². The van der Waals surface area contributed by atoms with E-state index in [-0.39, 0.29) is 30.6 Å². The lowest BCUT2D eigenvalue weighted by atomic mass is 10.0. The van der Waals surface area contributed by atoms with Crippen LogP contribution in [0.15, 0.2) is 55.0 Å². The number of hydrogen-bond donors (Lipinski definition) is 1. The molecule has 0 unspecified atom stereocenters. The predicted octanol–water partition coefficient (Wildman–Crippen LogP) is 2.16. The Labute approximate surface area is 160 Å². The zero-order valence-corrected chi connectivity index (χ0v) is 15.0. The Morgan fingerprint density at radius 3 is 2.46 bits per heavy atom. The first-order valence-electron chi connectivity index (χ1n) is 8.47. The number of aromatic nitrogens is 3. The maximum Gasteiger partial charge on any atom is 0.342 e. The van der Waals surface area contributed by atoms with Gasteiger partial charge in [0, 0.05) is 36.0 Å². The maximum atomic E-state index is 12.3. The van der Waals surface area contributed by atoms with Crippen LogP contribution in [0.3, 0.4) is 0 Å². The summed E-state index contributed by atoms with van der Waals surface area (Å²) in [6.07, 6.45) is 4.26. The number of nitrogens with one attached hydrogen (secondary N) is 1. The van der Waals surface area contributed by atoms with Crippen LogP contribution in [0.25, 0.3) is 0 Å². The highest BCUT2D eigenvalue weighted by molar-refractivity contribution is 6.09. The second-order valence-corrected chi connectivity index (χ2v) is 5.98. The van der Waals surface area contributed by atoms with E-state index < -0.39 is 4.92 Å². The molecule has 0 fully saturated rings. The van der Waals surface area contributed by atoms with Crippen LogP contribution >= 0.6 is 0 Å². The van der Waals surface area contributed by atoms with Crippen LogP contribution in [0.1, 0.15) is 32.1 Å². The molecule has 2 heterocycles. The fourth-order valence-electron chi connectivity index (χ4n) is 2.70. The van der Waals surface area contributed by atoms with Crippen LogP contribution in [-0.2, 0) is 6.54 Å². The normalized spacial score (nSPS) is 10.5. The van der Waals surface area contributed by atoms with Gasteiger partial charge < -0.3 is 15.4 Å². The summed E-state index contributed by atoms with van der Waals surface area (Å²) in [6.45, 7) is 2.09. The van der Waals surface area contributed by atoms with E-state index in [1.807, 2.05) is 0 Å². The molecule has 0 aliphatic carbocycles. The van der Waals surface area contributed by atoms with E-state index in [4.69, 9.17) is 0 Å². The van der Waals surface area contributed by atoms with Crippen molar-refractivity contribution in [3.8, 4) is 0 Å². The Morgan fingerprint density at radius 1 is 1.11 bits per heavy atom. The van der Waals surface area contributed by atoms with Crippen LogP contribution in [0, 0.1) is 17.0 Å². The van der Waals surface area contributed by atoms with Crippen molar-refractivity contribution >= 4 is 17.5 Å². The van der Waals surface area contributed by atoms with E-state index in [2.05, 4.69) is 15.3 Å². The molecule has 1 N–H and O–H groups in total. The van der Waals surface area contributed by atoms with Gasteiger partial charge in [0.1, 0.15) is 12.7 Å². The quantitative estimate of drug-likeness (QED) is 0.381. The van der Waals surface area contributed by atoms with Gasteiger partial charge in [-0.15, -0.1) is 0 Å². The van der Waals surface area contributed by atoms with Gasteiger partial charge in [-0.3, -0.25) is 14.6 Å². The third-order valence-electron chi connectivity index (χ3n) is 4.18. The first-order chi connectivity index (χ1) is 13.5. The van der Waals surface area contributed by atoms with Crippen molar-refractivity contribution in [3.05, 3.63) is 87.6 Å². The van der Waals surface area contributed by atoms with Crippen LogP contribution < -0.4 is 5.32 Å². The lowest BCUT2D eigenvalue weighted by Crippen LogP contribution is -2.27. The molecular formula is C19H17N5O4. The molecule has 0 aliphatic rings. The topological polar surface area (TPSA) is 120 Å². The van der Waals surface area contributed by atoms with E-state index in [1.165, 1.54) is 17.0 Å². The first kappa shape index (κ1) is 18.9. The molecule has 0 spiro atoms. The largest absolute Gasteiger partial charge is 0.358 e. The molecule has 28 heavy (non-hydrogen) atoms. The summed E-state index contributed by atoms with van der Waals surface area (Å²) >= 11 is 0. The Kier molecular flexibility index (Phi) is 5.54. The molecular weight excluding hydrogens is 362 g/mol.